The third-order valence-electron chi connectivity index (χ3n) is 4.40. The molecule has 2 aromatic rings. The van der Waals surface area contributed by atoms with Crippen LogP contribution in [0.2, 0.25) is 0 Å². The number of methoxy groups -OCH3 is 1. The molecule has 0 radical (unpaired) electrons. The van der Waals surface area contributed by atoms with E-state index < -0.39 is 0 Å². The monoisotopic (exact) mass is 372 g/mol. The lowest BCUT2D eigenvalue weighted by Gasteiger charge is -2.14. The highest BCUT2D eigenvalue weighted by atomic mass is 32.1. The number of hydrogen-bond donors (Lipinski definition) is 1. The summed E-state index contributed by atoms with van der Waals surface area (Å²) in [4.78, 5) is 16.6. The highest BCUT2D eigenvalue weighted by molar-refractivity contribution is 7.07. The number of ether oxygens (including phenoxy) is 2. The molecule has 6 heteroatoms. The third kappa shape index (κ3) is 5.08. The fraction of sp³-hybridized carbons (Fsp3) is 0.400. The largest absolute Gasteiger partial charge is 0.493 e. The van der Waals surface area contributed by atoms with Gasteiger partial charge in [0.15, 0.2) is 11.5 Å². The third-order valence-corrected chi connectivity index (χ3v) is 5.04. The van der Waals surface area contributed by atoms with Gasteiger partial charge in [-0.05, 0) is 50.3 Å². The summed E-state index contributed by atoms with van der Waals surface area (Å²) in [7, 11) is 1.57. The molecule has 1 aromatic heterocycles. The molecule has 0 saturated heterocycles. The van der Waals surface area contributed by atoms with E-state index in [0.717, 1.165) is 18.5 Å². The van der Waals surface area contributed by atoms with Crippen molar-refractivity contribution in [3.63, 3.8) is 0 Å². The quantitative estimate of drug-likeness (QED) is 0.700. The molecule has 3 rings (SSSR count). The molecule has 1 amide bonds. The Bertz CT molecular complexity index is 756. The van der Waals surface area contributed by atoms with Crippen molar-refractivity contribution < 1.29 is 14.3 Å². The minimum absolute atomic E-state index is 0.0919. The number of carbonyl (C=O) groups is 1. The minimum Gasteiger partial charge on any atom is -0.493 e. The molecule has 1 aliphatic carbocycles. The van der Waals surface area contributed by atoms with Crippen LogP contribution in [-0.2, 0) is 6.61 Å². The van der Waals surface area contributed by atoms with E-state index in [9.17, 15) is 4.79 Å². The first kappa shape index (κ1) is 18.5. The molecule has 1 aromatic carbocycles. The van der Waals surface area contributed by atoms with Crippen LogP contribution in [0.3, 0.4) is 0 Å². The normalized spacial score (nSPS) is 13.8. The Morgan fingerprint density at radius 1 is 1.31 bits per heavy atom. The Hall–Kier alpha value is -2.34. The highest BCUT2D eigenvalue weighted by Crippen LogP contribution is 2.29. The number of rotatable bonds is 8. The number of amides is 1. The van der Waals surface area contributed by atoms with Gasteiger partial charge >= 0.3 is 0 Å². The predicted molar refractivity (Wildman–Crippen MR) is 103 cm³/mol. The Kier molecular flexibility index (Phi) is 6.66. The van der Waals surface area contributed by atoms with Gasteiger partial charge in [0.2, 0.25) is 0 Å². The first-order valence-corrected chi connectivity index (χ1v) is 9.84. The van der Waals surface area contributed by atoms with Crippen molar-refractivity contribution in [2.45, 2.75) is 38.7 Å². The van der Waals surface area contributed by atoms with Gasteiger partial charge in [0.25, 0.3) is 5.91 Å². The summed E-state index contributed by atoms with van der Waals surface area (Å²) in [5, 5.41) is 4.93. The van der Waals surface area contributed by atoms with Crippen molar-refractivity contribution in [2.75, 3.05) is 13.7 Å². The minimum atomic E-state index is -0.0919. The summed E-state index contributed by atoms with van der Waals surface area (Å²) in [5.41, 5.74) is 4.67. The average molecular weight is 372 g/mol. The van der Waals surface area contributed by atoms with Crippen LogP contribution in [0.15, 0.2) is 40.7 Å². The van der Waals surface area contributed by atoms with Gasteiger partial charge in [-0.1, -0.05) is 11.6 Å². The van der Waals surface area contributed by atoms with Crippen LogP contribution in [0.5, 0.6) is 11.5 Å². The summed E-state index contributed by atoms with van der Waals surface area (Å²) in [6.45, 7) is 1.04. The van der Waals surface area contributed by atoms with Crippen LogP contribution in [0.25, 0.3) is 0 Å². The molecule has 0 spiro atoms. The molecule has 1 aliphatic rings. The number of nitrogens with zero attached hydrogens (tertiary/aromatic N) is 1. The van der Waals surface area contributed by atoms with Gasteiger partial charge in [-0.2, -0.15) is 0 Å². The van der Waals surface area contributed by atoms with Crippen molar-refractivity contribution in [2.24, 2.45) is 0 Å². The number of carbonyl (C=O) groups excluding carboxylic acids is 1. The van der Waals surface area contributed by atoms with E-state index in [2.05, 4.69) is 16.4 Å². The maximum absolute atomic E-state index is 12.4. The Balaban J connectivity index is 1.55. The summed E-state index contributed by atoms with van der Waals surface area (Å²) in [6.07, 6.45) is 8.12. The Morgan fingerprint density at radius 3 is 2.96 bits per heavy atom. The van der Waals surface area contributed by atoms with Gasteiger partial charge in [0, 0.05) is 17.5 Å². The number of nitrogens with one attached hydrogen (secondary N) is 1. The molecule has 1 heterocycles. The molecule has 5 nitrogen and oxygen atoms in total. The first-order valence-electron chi connectivity index (χ1n) is 8.90. The fourth-order valence-electron chi connectivity index (χ4n) is 2.96. The smallest absolute Gasteiger partial charge is 0.251 e. The lowest BCUT2D eigenvalue weighted by molar-refractivity contribution is 0.0953. The summed E-state index contributed by atoms with van der Waals surface area (Å²) in [5.74, 6) is 1.05. The van der Waals surface area contributed by atoms with Crippen molar-refractivity contribution in [1.82, 2.24) is 10.3 Å². The zero-order chi connectivity index (χ0) is 18.2. The lowest BCUT2D eigenvalue weighted by Crippen LogP contribution is -2.24. The van der Waals surface area contributed by atoms with Crippen LogP contribution in [-0.4, -0.2) is 24.5 Å². The maximum atomic E-state index is 12.4. The van der Waals surface area contributed by atoms with E-state index in [4.69, 9.17) is 9.47 Å². The van der Waals surface area contributed by atoms with E-state index in [1.54, 1.807) is 30.8 Å². The fourth-order valence-corrected chi connectivity index (χ4v) is 3.50. The summed E-state index contributed by atoms with van der Waals surface area (Å²) >= 11 is 1.53. The number of allylic oxidation sites excluding steroid dienone is 1. The second kappa shape index (κ2) is 9.38. The molecule has 0 atom stereocenters. The predicted octanol–water partition coefficient (Wildman–Crippen LogP) is 4.35. The van der Waals surface area contributed by atoms with Crippen LogP contribution in [0.4, 0.5) is 0 Å². The Morgan fingerprint density at radius 2 is 2.23 bits per heavy atom. The second-order valence-electron chi connectivity index (χ2n) is 6.25. The first-order chi connectivity index (χ1) is 12.8. The average Bonchev–Trinajstić information content (AvgIpc) is 3.20. The Labute approximate surface area is 158 Å². The van der Waals surface area contributed by atoms with Gasteiger partial charge in [-0.15, -0.1) is 11.3 Å². The molecule has 1 N–H and O–H groups in total. The van der Waals surface area contributed by atoms with Crippen LogP contribution in [0, 0.1) is 0 Å². The van der Waals surface area contributed by atoms with E-state index in [0.29, 0.717) is 30.2 Å². The highest BCUT2D eigenvalue weighted by Gasteiger charge is 2.12. The van der Waals surface area contributed by atoms with Crippen molar-refractivity contribution in [3.05, 3.63) is 52.0 Å². The van der Waals surface area contributed by atoms with Gasteiger partial charge in [-0.3, -0.25) is 4.79 Å². The van der Waals surface area contributed by atoms with E-state index in [1.165, 1.54) is 36.2 Å². The van der Waals surface area contributed by atoms with Crippen LogP contribution < -0.4 is 14.8 Å². The van der Waals surface area contributed by atoms with Gasteiger partial charge < -0.3 is 14.8 Å². The van der Waals surface area contributed by atoms with Crippen molar-refractivity contribution in [3.8, 4) is 11.5 Å². The van der Waals surface area contributed by atoms with Crippen LogP contribution >= 0.6 is 11.3 Å². The zero-order valence-electron chi connectivity index (χ0n) is 15.0. The number of benzene rings is 1. The summed E-state index contributed by atoms with van der Waals surface area (Å²) < 4.78 is 11.1. The van der Waals surface area contributed by atoms with Gasteiger partial charge in [0.05, 0.1) is 18.3 Å². The van der Waals surface area contributed by atoms with E-state index in [1.807, 2.05) is 5.38 Å². The standard InChI is InChI=1S/C20H24N2O3S/c1-24-19-11-16(7-8-18(19)25-12-17-13-26-14-22-17)20(23)21-10-9-15-5-3-2-4-6-15/h5,7-8,11,13-14H,2-4,6,9-10,12H2,1H3,(H,21,23). The lowest BCUT2D eigenvalue weighted by atomic mass is 9.97. The molecule has 0 aliphatic heterocycles. The zero-order valence-corrected chi connectivity index (χ0v) is 15.8. The van der Waals surface area contributed by atoms with E-state index >= 15 is 0 Å². The molecule has 138 valence electrons. The van der Waals surface area contributed by atoms with E-state index in [-0.39, 0.29) is 5.91 Å². The number of aromatic nitrogens is 1. The molecule has 26 heavy (non-hydrogen) atoms. The number of thiazole rings is 1. The molecule has 0 fully saturated rings. The second-order valence-corrected chi connectivity index (χ2v) is 6.97. The molecular formula is C20H24N2O3S. The van der Waals surface area contributed by atoms with Gasteiger partial charge in [0.1, 0.15) is 6.61 Å². The van der Waals surface area contributed by atoms with Crippen LogP contribution in [0.1, 0.15) is 48.2 Å². The molecule has 0 bridgehead atoms. The van der Waals surface area contributed by atoms with Gasteiger partial charge in [-0.25, -0.2) is 4.98 Å². The molecule has 0 saturated carbocycles. The SMILES string of the molecule is COc1cc(C(=O)NCCC2=CCCCC2)ccc1OCc1cscn1. The maximum Gasteiger partial charge on any atom is 0.251 e. The topological polar surface area (TPSA) is 60.5 Å². The summed E-state index contributed by atoms with van der Waals surface area (Å²) in [6, 6.07) is 5.24. The molecular weight excluding hydrogens is 348 g/mol. The molecule has 0 unspecified atom stereocenters. The van der Waals surface area contributed by atoms with Crippen molar-refractivity contribution in [1.29, 1.82) is 0 Å². The van der Waals surface area contributed by atoms with Crippen molar-refractivity contribution >= 4 is 17.2 Å². The number of hydrogen-bond acceptors (Lipinski definition) is 5.